The second-order valence-electron chi connectivity index (χ2n) is 5.12. The third-order valence-corrected chi connectivity index (χ3v) is 3.98. The lowest BCUT2D eigenvalue weighted by Gasteiger charge is -2.52. The van der Waals surface area contributed by atoms with Crippen LogP contribution in [0.1, 0.15) is 26.7 Å². The van der Waals surface area contributed by atoms with Crippen molar-refractivity contribution in [3.8, 4) is 0 Å². The molecule has 2 rings (SSSR count). The molecule has 2 fully saturated rings. The van der Waals surface area contributed by atoms with Gasteiger partial charge in [-0.25, -0.2) is 0 Å². The molecular weight excluding hydrogens is 146 g/mol. The molecule has 0 amide bonds. The van der Waals surface area contributed by atoms with Crippen molar-refractivity contribution in [3.63, 3.8) is 0 Å². The Morgan fingerprint density at radius 3 is 2.67 bits per heavy atom. The lowest BCUT2D eigenvalue weighted by molar-refractivity contribution is -0.0269. The average Bonchev–Trinajstić information content (AvgIpc) is 1.94. The Bertz CT molecular complexity index is 164. The van der Waals surface area contributed by atoms with Crippen LogP contribution in [0.4, 0.5) is 0 Å². The molecule has 3 unspecified atom stereocenters. The van der Waals surface area contributed by atoms with Gasteiger partial charge in [-0.15, -0.1) is 0 Å². The zero-order valence-corrected chi connectivity index (χ0v) is 8.59. The quantitative estimate of drug-likeness (QED) is 0.579. The number of likely N-dealkylation sites (tertiary alicyclic amines) is 1. The first-order valence-electron chi connectivity index (χ1n) is 5.37. The molecule has 0 N–H and O–H groups in total. The van der Waals surface area contributed by atoms with Crippen molar-refractivity contribution in [2.45, 2.75) is 26.7 Å². The molecule has 1 heterocycles. The number of hydrogen-bond acceptors (Lipinski definition) is 1. The van der Waals surface area contributed by atoms with Crippen molar-refractivity contribution in [2.75, 3.05) is 20.1 Å². The molecule has 1 nitrogen and oxygen atoms in total. The van der Waals surface area contributed by atoms with E-state index in [1.54, 1.807) is 0 Å². The van der Waals surface area contributed by atoms with E-state index >= 15 is 0 Å². The number of nitrogens with zero attached hydrogens (tertiary/aromatic N) is 1. The summed E-state index contributed by atoms with van der Waals surface area (Å²) in [5.41, 5.74) is 0. The summed E-state index contributed by atoms with van der Waals surface area (Å²) in [4.78, 5) is 2.50. The smallest absolute Gasteiger partial charge is 0.000947 e. The van der Waals surface area contributed by atoms with Crippen molar-refractivity contribution in [1.29, 1.82) is 0 Å². The van der Waals surface area contributed by atoms with Gasteiger partial charge in [0, 0.05) is 6.54 Å². The number of hydrogen-bond donors (Lipinski definition) is 0. The minimum Gasteiger partial charge on any atom is -0.306 e. The van der Waals surface area contributed by atoms with Crippen LogP contribution in [-0.4, -0.2) is 25.0 Å². The van der Waals surface area contributed by atoms with Crippen molar-refractivity contribution >= 4 is 0 Å². The van der Waals surface area contributed by atoms with Crippen LogP contribution in [0.2, 0.25) is 0 Å². The van der Waals surface area contributed by atoms with E-state index in [0.717, 1.165) is 23.7 Å². The molecule has 0 bridgehead atoms. The topological polar surface area (TPSA) is 3.24 Å². The van der Waals surface area contributed by atoms with Crippen LogP contribution in [0, 0.1) is 23.7 Å². The molecule has 1 heteroatoms. The van der Waals surface area contributed by atoms with E-state index < -0.39 is 0 Å². The third-order valence-electron chi connectivity index (χ3n) is 3.98. The van der Waals surface area contributed by atoms with Crippen LogP contribution in [-0.2, 0) is 0 Å². The lowest BCUT2D eigenvalue weighted by atomic mass is 9.58. The monoisotopic (exact) mass is 167 g/mol. The van der Waals surface area contributed by atoms with Crippen molar-refractivity contribution in [1.82, 2.24) is 4.90 Å². The van der Waals surface area contributed by atoms with Gasteiger partial charge in [0.25, 0.3) is 0 Å². The Morgan fingerprint density at radius 2 is 2.08 bits per heavy atom. The molecule has 70 valence electrons. The summed E-state index contributed by atoms with van der Waals surface area (Å²) < 4.78 is 0. The largest absolute Gasteiger partial charge is 0.306 e. The molecule has 1 aliphatic carbocycles. The summed E-state index contributed by atoms with van der Waals surface area (Å²) in [5.74, 6) is 4.12. The summed E-state index contributed by atoms with van der Waals surface area (Å²) in [5, 5.41) is 0. The lowest BCUT2D eigenvalue weighted by Crippen LogP contribution is -2.50. The number of piperidine rings is 1. The second kappa shape index (κ2) is 3.02. The van der Waals surface area contributed by atoms with Crippen molar-refractivity contribution in [3.05, 3.63) is 0 Å². The fraction of sp³-hybridized carbons (Fsp3) is 1.00. The highest BCUT2D eigenvalue weighted by atomic mass is 15.1. The summed E-state index contributed by atoms with van der Waals surface area (Å²) >= 11 is 0. The van der Waals surface area contributed by atoms with Gasteiger partial charge >= 0.3 is 0 Å². The molecule has 0 radical (unpaired) electrons. The molecule has 1 saturated heterocycles. The fourth-order valence-corrected chi connectivity index (χ4v) is 3.14. The van der Waals surface area contributed by atoms with Crippen LogP contribution in [0.25, 0.3) is 0 Å². The molecule has 12 heavy (non-hydrogen) atoms. The first kappa shape index (κ1) is 8.55. The normalized spacial score (nSPS) is 42.5. The minimum absolute atomic E-state index is 0.926. The predicted octanol–water partition coefficient (Wildman–Crippen LogP) is 2.23. The maximum atomic E-state index is 2.50. The summed E-state index contributed by atoms with van der Waals surface area (Å²) in [6.07, 6.45) is 2.97. The average molecular weight is 167 g/mol. The summed E-state index contributed by atoms with van der Waals surface area (Å²) in [6.45, 7) is 7.48. The number of rotatable bonds is 1. The maximum absolute atomic E-state index is 2.50. The third kappa shape index (κ3) is 1.28. The fourth-order valence-electron chi connectivity index (χ4n) is 3.14. The molecule has 3 atom stereocenters. The summed E-state index contributed by atoms with van der Waals surface area (Å²) in [7, 11) is 2.26. The molecule has 1 saturated carbocycles. The van der Waals surface area contributed by atoms with E-state index in [4.69, 9.17) is 0 Å². The Balaban J connectivity index is 1.90. The predicted molar refractivity (Wildman–Crippen MR) is 52.0 cm³/mol. The van der Waals surface area contributed by atoms with E-state index in [1.807, 2.05) is 0 Å². The van der Waals surface area contributed by atoms with E-state index in [0.29, 0.717) is 0 Å². The first-order valence-corrected chi connectivity index (χ1v) is 5.37. The molecule has 1 aliphatic heterocycles. The van der Waals surface area contributed by atoms with E-state index in [2.05, 4.69) is 25.8 Å². The van der Waals surface area contributed by atoms with Crippen LogP contribution in [0.15, 0.2) is 0 Å². The van der Waals surface area contributed by atoms with Gasteiger partial charge in [-0.05, 0) is 50.1 Å². The highest BCUT2D eigenvalue weighted by Gasteiger charge is 2.44. The Morgan fingerprint density at radius 1 is 1.33 bits per heavy atom. The molecular formula is C11H21N. The first-order chi connectivity index (χ1) is 5.68. The Labute approximate surface area is 76.1 Å². The van der Waals surface area contributed by atoms with E-state index in [9.17, 15) is 0 Å². The molecule has 0 aromatic carbocycles. The van der Waals surface area contributed by atoms with E-state index in [1.165, 1.54) is 25.9 Å². The van der Waals surface area contributed by atoms with Gasteiger partial charge in [0.1, 0.15) is 0 Å². The second-order valence-corrected chi connectivity index (χ2v) is 5.12. The van der Waals surface area contributed by atoms with Gasteiger partial charge in [0.2, 0.25) is 0 Å². The zero-order chi connectivity index (χ0) is 8.72. The number of fused-ring (bicyclic) bond motifs is 1. The Kier molecular flexibility index (Phi) is 2.16. The maximum Gasteiger partial charge on any atom is 0.000947 e. The van der Waals surface area contributed by atoms with Crippen molar-refractivity contribution in [2.24, 2.45) is 23.7 Å². The van der Waals surface area contributed by atoms with Crippen LogP contribution in [0.5, 0.6) is 0 Å². The van der Waals surface area contributed by atoms with E-state index in [-0.39, 0.29) is 0 Å². The minimum atomic E-state index is 0.926. The van der Waals surface area contributed by atoms with Gasteiger partial charge < -0.3 is 4.90 Å². The van der Waals surface area contributed by atoms with Crippen molar-refractivity contribution < 1.29 is 0 Å². The SMILES string of the molecule is CC(C)C1CC2CN(C)CCC21. The van der Waals surface area contributed by atoms with Crippen LogP contribution >= 0.6 is 0 Å². The van der Waals surface area contributed by atoms with Gasteiger partial charge in [-0.1, -0.05) is 13.8 Å². The Hall–Kier alpha value is -0.0400. The molecule has 2 aliphatic rings. The standard InChI is InChI=1S/C11H21N/c1-8(2)11-6-9-7-12(3)5-4-10(9)11/h8-11H,4-7H2,1-3H3. The van der Waals surface area contributed by atoms with Crippen LogP contribution in [0.3, 0.4) is 0 Å². The van der Waals surface area contributed by atoms with Gasteiger partial charge in [-0.3, -0.25) is 0 Å². The molecule has 0 aromatic heterocycles. The highest BCUT2D eigenvalue weighted by molar-refractivity contribution is 4.94. The van der Waals surface area contributed by atoms with Gasteiger partial charge in [0.15, 0.2) is 0 Å². The molecule has 0 aromatic rings. The highest BCUT2D eigenvalue weighted by Crippen LogP contribution is 2.48. The van der Waals surface area contributed by atoms with Crippen LogP contribution < -0.4 is 0 Å². The zero-order valence-electron chi connectivity index (χ0n) is 8.59. The molecule has 0 spiro atoms. The van der Waals surface area contributed by atoms with Gasteiger partial charge in [0.05, 0.1) is 0 Å². The van der Waals surface area contributed by atoms with Gasteiger partial charge in [-0.2, -0.15) is 0 Å². The summed E-state index contributed by atoms with van der Waals surface area (Å²) in [6, 6.07) is 0.